The summed E-state index contributed by atoms with van der Waals surface area (Å²) in [5, 5.41) is 5.92. The van der Waals surface area contributed by atoms with E-state index in [2.05, 4.69) is 32.3 Å². The number of rotatable bonds is 6. The number of aromatic amines is 1. The monoisotopic (exact) mass is 422 g/mol. The maximum Gasteiger partial charge on any atom is 0.280 e. The van der Waals surface area contributed by atoms with E-state index >= 15 is 0 Å². The van der Waals surface area contributed by atoms with Gasteiger partial charge in [-0.3, -0.25) is 14.7 Å². The Morgan fingerprint density at radius 1 is 1.26 bits per heavy atom. The van der Waals surface area contributed by atoms with Crippen molar-refractivity contribution < 1.29 is 9.53 Å². The Kier molecular flexibility index (Phi) is 6.13. The van der Waals surface area contributed by atoms with E-state index in [0.29, 0.717) is 40.9 Å². The molecule has 3 aromatic heterocycles. The Bertz CT molecular complexity index is 1100. The van der Waals surface area contributed by atoms with Crippen molar-refractivity contribution in [3.8, 4) is 22.8 Å². The molecule has 1 fully saturated rings. The molecule has 0 bridgehead atoms. The Morgan fingerprint density at radius 2 is 2.06 bits per heavy atom. The molecule has 4 heterocycles. The number of ether oxygens (including phenoxy) is 1. The normalized spacial score (nSPS) is 15.0. The summed E-state index contributed by atoms with van der Waals surface area (Å²) in [6, 6.07) is 6.76. The van der Waals surface area contributed by atoms with Crippen molar-refractivity contribution in [3.63, 3.8) is 0 Å². The minimum atomic E-state index is -0.250. The first-order chi connectivity index (χ1) is 15.0. The lowest BCUT2D eigenvalue weighted by Crippen LogP contribution is -2.36. The molecule has 0 aliphatic carbocycles. The molecule has 1 aliphatic heterocycles. The van der Waals surface area contributed by atoms with E-state index in [-0.39, 0.29) is 11.5 Å². The summed E-state index contributed by atoms with van der Waals surface area (Å²) in [5.74, 6) is 1.19. The van der Waals surface area contributed by atoms with Gasteiger partial charge in [-0.15, -0.1) is 0 Å². The molecule has 0 atom stereocenters. The van der Waals surface area contributed by atoms with E-state index in [1.807, 2.05) is 0 Å². The number of hydrogen-bond donors (Lipinski definition) is 2. The maximum atomic E-state index is 12.8. The van der Waals surface area contributed by atoms with Crippen molar-refractivity contribution in [2.24, 2.45) is 5.92 Å². The number of piperidine rings is 1. The first-order valence-corrected chi connectivity index (χ1v) is 10.3. The molecule has 0 radical (unpaired) electrons. The maximum absolute atomic E-state index is 12.8. The van der Waals surface area contributed by atoms with Crippen molar-refractivity contribution in [1.29, 1.82) is 0 Å². The number of carbonyl (C=O) groups is 1. The van der Waals surface area contributed by atoms with Crippen LogP contribution in [0.3, 0.4) is 0 Å². The fourth-order valence-corrected chi connectivity index (χ4v) is 3.69. The molecule has 0 spiro atoms. The largest absolute Gasteiger partial charge is 0.481 e. The molecule has 162 valence electrons. The van der Waals surface area contributed by atoms with Crippen LogP contribution in [0.25, 0.3) is 16.9 Å². The first-order valence-electron chi connectivity index (χ1n) is 10.3. The quantitative estimate of drug-likeness (QED) is 0.627. The topological polar surface area (TPSA) is 105 Å². The van der Waals surface area contributed by atoms with Gasteiger partial charge in [-0.2, -0.15) is 0 Å². The standard InChI is InChI=1S/C22H26N6O3/c1-27-9-6-15(7-10-27)12-25-21(29)17-3-4-19(24-13-17)28-22(30)18(14-26-28)16-5-8-23-20(11-16)31-2/h3-5,8,11,13-15,26H,6-7,9-10,12H2,1-2H3,(H,25,29). The average Bonchev–Trinajstić information content (AvgIpc) is 3.20. The van der Waals surface area contributed by atoms with Crippen LogP contribution in [-0.4, -0.2) is 64.3 Å². The van der Waals surface area contributed by atoms with Crippen molar-refractivity contribution >= 4 is 5.91 Å². The summed E-state index contributed by atoms with van der Waals surface area (Å²) in [6.07, 6.45) is 6.87. The van der Waals surface area contributed by atoms with Crippen LogP contribution in [0.2, 0.25) is 0 Å². The van der Waals surface area contributed by atoms with Crippen LogP contribution < -0.4 is 15.6 Å². The second-order valence-corrected chi connectivity index (χ2v) is 7.78. The van der Waals surface area contributed by atoms with Gasteiger partial charge in [0.15, 0.2) is 5.82 Å². The number of H-pyrrole nitrogens is 1. The number of carbonyl (C=O) groups excluding carboxylic acids is 1. The third-order valence-corrected chi connectivity index (χ3v) is 5.66. The molecule has 2 N–H and O–H groups in total. The van der Waals surface area contributed by atoms with Crippen LogP contribution in [0.1, 0.15) is 23.2 Å². The molecule has 31 heavy (non-hydrogen) atoms. The van der Waals surface area contributed by atoms with Gasteiger partial charge < -0.3 is 15.0 Å². The first kappa shape index (κ1) is 20.8. The van der Waals surface area contributed by atoms with E-state index in [4.69, 9.17) is 4.74 Å². The predicted octanol–water partition coefficient (Wildman–Crippen LogP) is 1.70. The smallest absolute Gasteiger partial charge is 0.280 e. The number of methoxy groups -OCH3 is 1. The van der Waals surface area contributed by atoms with E-state index in [9.17, 15) is 9.59 Å². The third-order valence-electron chi connectivity index (χ3n) is 5.66. The van der Waals surface area contributed by atoms with Gasteiger partial charge in [-0.1, -0.05) is 0 Å². The number of pyridine rings is 2. The highest BCUT2D eigenvalue weighted by Crippen LogP contribution is 2.19. The molecule has 1 amide bonds. The minimum Gasteiger partial charge on any atom is -0.481 e. The van der Waals surface area contributed by atoms with E-state index in [0.717, 1.165) is 25.9 Å². The second kappa shape index (κ2) is 9.13. The van der Waals surface area contributed by atoms with E-state index in [1.54, 1.807) is 36.7 Å². The van der Waals surface area contributed by atoms with Gasteiger partial charge in [0.1, 0.15) is 0 Å². The summed E-state index contributed by atoms with van der Waals surface area (Å²) < 4.78 is 6.46. The van der Waals surface area contributed by atoms with Gasteiger partial charge in [-0.25, -0.2) is 14.6 Å². The molecule has 9 nitrogen and oxygen atoms in total. The molecule has 9 heteroatoms. The zero-order valence-electron chi connectivity index (χ0n) is 17.7. The van der Waals surface area contributed by atoms with Crippen molar-refractivity contribution in [1.82, 2.24) is 30.0 Å². The van der Waals surface area contributed by atoms with Gasteiger partial charge in [0, 0.05) is 31.2 Å². The van der Waals surface area contributed by atoms with Gasteiger partial charge in [0.2, 0.25) is 5.88 Å². The molecule has 4 rings (SSSR count). The van der Waals surface area contributed by atoms with E-state index < -0.39 is 0 Å². The number of amides is 1. The summed E-state index contributed by atoms with van der Waals surface area (Å²) in [7, 11) is 3.64. The van der Waals surface area contributed by atoms with Gasteiger partial charge in [0.25, 0.3) is 11.5 Å². The zero-order chi connectivity index (χ0) is 21.8. The Labute approximate surface area is 180 Å². The number of aromatic nitrogens is 4. The van der Waals surface area contributed by atoms with Gasteiger partial charge in [-0.05, 0) is 62.7 Å². The van der Waals surface area contributed by atoms with Crippen LogP contribution >= 0.6 is 0 Å². The summed E-state index contributed by atoms with van der Waals surface area (Å²) in [6.45, 7) is 2.80. The predicted molar refractivity (Wildman–Crippen MR) is 117 cm³/mol. The Morgan fingerprint density at radius 3 is 2.77 bits per heavy atom. The fraction of sp³-hybridized carbons (Fsp3) is 0.364. The Hall–Kier alpha value is -3.46. The molecule has 0 saturated carbocycles. The lowest BCUT2D eigenvalue weighted by molar-refractivity contribution is 0.0938. The second-order valence-electron chi connectivity index (χ2n) is 7.78. The highest BCUT2D eigenvalue weighted by molar-refractivity contribution is 5.93. The number of nitrogens with one attached hydrogen (secondary N) is 2. The molecule has 0 aromatic carbocycles. The van der Waals surface area contributed by atoms with Crippen molar-refractivity contribution in [2.75, 3.05) is 33.8 Å². The SMILES string of the molecule is COc1cc(-c2c[nH]n(-c3ccc(C(=O)NCC4CCN(C)CC4)cn3)c2=O)ccn1. The summed E-state index contributed by atoms with van der Waals surface area (Å²) >= 11 is 0. The van der Waals surface area contributed by atoms with Crippen molar-refractivity contribution in [3.05, 3.63) is 58.8 Å². The fourth-order valence-electron chi connectivity index (χ4n) is 3.69. The minimum absolute atomic E-state index is 0.151. The highest BCUT2D eigenvalue weighted by Gasteiger charge is 2.18. The molecule has 1 saturated heterocycles. The highest BCUT2D eigenvalue weighted by atomic mass is 16.5. The van der Waals surface area contributed by atoms with Crippen LogP contribution in [0, 0.1) is 5.92 Å². The lowest BCUT2D eigenvalue weighted by Gasteiger charge is -2.28. The molecule has 1 aliphatic rings. The van der Waals surface area contributed by atoms with Crippen LogP contribution in [0.4, 0.5) is 0 Å². The molecule has 0 unspecified atom stereocenters. The number of hydrogen-bond acceptors (Lipinski definition) is 6. The van der Waals surface area contributed by atoms with Crippen molar-refractivity contribution in [2.45, 2.75) is 12.8 Å². The summed E-state index contributed by atoms with van der Waals surface area (Å²) in [5.41, 5.74) is 1.38. The van der Waals surface area contributed by atoms with Crippen LogP contribution in [0.5, 0.6) is 5.88 Å². The number of likely N-dealkylation sites (tertiary alicyclic amines) is 1. The van der Waals surface area contributed by atoms with Crippen LogP contribution in [0.15, 0.2) is 47.7 Å². The van der Waals surface area contributed by atoms with Gasteiger partial charge in [0.05, 0.1) is 18.2 Å². The Balaban J connectivity index is 1.44. The molecular formula is C22H26N6O3. The van der Waals surface area contributed by atoms with Crippen LogP contribution in [-0.2, 0) is 0 Å². The zero-order valence-corrected chi connectivity index (χ0v) is 17.7. The number of nitrogens with zero attached hydrogens (tertiary/aromatic N) is 4. The lowest BCUT2D eigenvalue weighted by atomic mass is 9.97. The average molecular weight is 422 g/mol. The van der Waals surface area contributed by atoms with E-state index in [1.165, 1.54) is 18.0 Å². The van der Waals surface area contributed by atoms with Gasteiger partial charge >= 0.3 is 0 Å². The summed E-state index contributed by atoms with van der Waals surface area (Å²) in [4.78, 5) is 36.0. The molecular weight excluding hydrogens is 396 g/mol. The third kappa shape index (κ3) is 4.66. The molecule has 3 aromatic rings.